The SMILES string of the molecule is CCC(=O)Nc1ccc([C@@H](C)NC(=O)C(F)(F)C2(O)CCC2)cc1. The first-order valence-corrected chi connectivity index (χ1v) is 8.00. The molecule has 0 aromatic heterocycles. The Kier molecular flexibility index (Phi) is 5.22. The van der Waals surface area contributed by atoms with Crippen LogP contribution in [0.4, 0.5) is 14.5 Å². The number of amides is 2. The van der Waals surface area contributed by atoms with E-state index < -0.39 is 23.5 Å². The van der Waals surface area contributed by atoms with Crippen LogP contribution in [0.3, 0.4) is 0 Å². The van der Waals surface area contributed by atoms with E-state index in [9.17, 15) is 23.5 Å². The van der Waals surface area contributed by atoms with Crippen LogP contribution in [-0.4, -0.2) is 28.4 Å². The van der Waals surface area contributed by atoms with Crippen LogP contribution in [0.15, 0.2) is 24.3 Å². The summed E-state index contributed by atoms with van der Waals surface area (Å²) in [4.78, 5) is 23.2. The summed E-state index contributed by atoms with van der Waals surface area (Å²) in [6.07, 6.45) is 0.688. The summed E-state index contributed by atoms with van der Waals surface area (Å²) in [6, 6.07) is 5.92. The Hall–Kier alpha value is -2.02. The van der Waals surface area contributed by atoms with Crippen molar-refractivity contribution in [3.63, 3.8) is 0 Å². The monoisotopic (exact) mass is 340 g/mol. The Morgan fingerprint density at radius 2 is 1.88 bits per heavy atom. The van der Waals surface area contributed by atoms with Crippen LogP contribution in [0, 0.1) is 0 Å². The van der Waals surface area contributed by atoms with Gasteiger partial charge in [-0.25, -0.2) is 0 Å². The number of carbonyl (C=O) groups is 2. The zero-order valence-electron chi connectivity index (χ0n) is 13.7. The Morgan fingerprint density at radius 3 is 2.33 bits per heavy atom. The van der Waals surface area contributed by atoms with Crippen LogP contribution in [0.2, 0.25) is 0 Å². The molecule has 24 heavy (non-hydrogen) atoms. The Morgan fingerprint density at radius 1 is 1.29 bits per heavy atom. The highest BCUT2D eigenvalue weighted by Gasteiger charge is 2.61. The molecule has 5 nitrogen and oxygen atoms in total. The Balaban J connectivity index is 2.00. The number of rotatable bonds is 6. The van der Waals surface area contributed by atoms with Crippen molar-refractivity contribution in [1.82, 2.24) is 5.32 Å². The summed E-state index contributed by atoms with van der Waals surface area (Å²) >= 11 is 0. The van der Waals surface area contributed by atoms with Crippen LogP contribution in [0.25, 0.3) is 0 Å². The molecule has 1 aromatic carbocycles. The summed E-state index contributed by atoms with van der Waals surface area (Å²) in [5.74, 6) is -5.41. The van der Waals surface area contributed by atoms with Gasteiger partial charge < -0.3 is 15.7 Å². The molecule has 1 saturated carbocycles. The first-order valence-electron chi connectivity index (χ1n) is 8.00. The number of hydrogen-bond donors (Lipinski definition) is 3. The van der Waals surface area contributed by atoms with E-state index in [1.807, 2.05) is 0 Å². The molecule has 0 saturated heterocycles. The third kappa shape index (κ3) is 3.56. The van der Waals surface area contributed by atoms with Crippen molar-refractivity contribution in [1.29, 1.82) is 0 Å². The average Bonchev–Trinajstić information content (AvgIpc) is 2.52. The summed E-state index contributed by atoms with van der Waals surface area (Å²) in [6.45, 7) is 3.32. The number of aliphatic hydroxyl groups is 1. The molecule has 1 atom stereocenters. The number of benzene rings is 1. The minimum Gasteiger partial charge on any atom is -0.383 e. The molecule has 2 amide bonds. The van der Waals surface area contributed by atoms with Gasteiger partial charge in [0.1, 0.15) is 5.60 Å². The fourth-order valence-corrected chi connectivity index (χ4v) is 2.51. The summed E-state index contributed by atoms with van der Waals surface area (Å²) < 4.78 is 28.1. The lowest BCUT2D eigenvalue weighted by atomic mass is 9.75. The number of nitrogens with one attached hydrogen (secondary N) is 2. The molecule has 1 aromatic rings. The lowest BCUT2D eigenvalue weighted by Gasteiger charge is -2.41. The predicted octanol–water partition coefficient (Wildman–Crippen LogP) is 2.76. The number of halogens is 2. The highest BCUT2D eigenvalue weighted by Crippen LogP contribution is 2.44. The standard InChI is InChI=1S/C17H22F2N2O3/c1-3-14(22)21-13-7-5-12(6-8-13)11(2)20-15(23)17(18,19)16(24)9-4-10-16/h5-8,11,24H,3-4,9-10H2,1-2H3,(H,20,23)(H,21,22)/t11-/m1/s1. The van der Waals surface area contributed by atoms with Crippen LogP contribution in [0.5, 0.6) is 0 Å². The van der Waals surface area contributed by atoms with E-state index in [2.05, 4.69) is 10.6 Å². The van der Waals surface area contributed by atoms with Gasteiger partial charge in [-0.05, 0) is 43.9 Å². The van der Waals surface area contributed by atoms with Crippen molar-refractivity contribution in [3.05, 3.63) is 29.8 Å². The molecule has 132 valence electrons. The molecule has 3 N–H and O–H groups in total. The van der Waals surface area contributed by atoms with Gasteiger partial charge in [0.15, 0.2) is 0 Å². The van der Waals surface area contributed by atoms with Gasteiger partial charge in [-0.2, -0.15) is 8.78 Å². The molecule has 0 unspecified atom stereocenters. The highest BCUT2D eigenvalue weighted by atomic mass is 19.3. The van der Waals surface area contributed by atoms with Crippen molar-refractivity contribution in [3.8, 4) is 0 Å². The van der Waals surface area contributed by atoms with Crippen molar-refractivity contribution >= 4 is 17.5 Å². The summed E-state index contributed by atoms with van der Waals surface area (Å²) in [5, 5.41) is 14.7. The molecule has 0 bridgehead atoms. The normalized spacial score (nSPS) is 17.5. The van der Waals surface area contributed by atoms with Gasteiger partial charge in [0, 0.05) is 12.1 Å². The van der Waals surface area contributed by atoms with Gasteiger partial charge >= 0.3 is 5.92 Å². The quantitative estimate of drug-likeness (QED) is 0.745. The fraction of sp³-hybridized carbons (Fsp3) is 0.529. The molecule has 1 aliphatic rings. The average molecular weight is 340 g/mol. The largest absolute Gasteiger partial charge is 0.383 e. The van der Waals surface area contributed by atoms with E-state index in [-0.39, 0.29) is 18.7 Å². The maximum Gasteiger partial charge on any atom is 0.352 e. The zero-order chi connectivity index (χ0) is 18.0. The third-order valence-electron chi connectivity index (χ3n) is 4.41. The second-order valence-corrected chi connectivity index (χ2v) is 6.18. The first kappa shape index (κ1) is 18.3. The van der Waals surface area contributed by atoms with Crippen molar-refractivity contribution in [2.24, 2.45) is 0 Å². The third-order valence-corrected chi connectivity index (χ3v) is 4.41. The van der Waals surface area contributed by atoms with E-state index in [0.717, 1.165) is 0 Å². The van der Waals surface area contributed by atoms with Gasteiger partial charge in [-0.15, -0.1) is 0 Å². The van der Waals surface area contributed by atoms with E-state index >= 15 is 0 Å². The van der Waals surface area contributed by atoms with Gasteiger partial charge in [-0.1, -0.05) is 19.1 Å². The molecule has 0 heterocycles. The zero-order valence-corrected chi connectivity index (χ0v) is 13.7. The van der Waals surface area contributed by atoms with Crippen LogP contribution < -0.4 is 10.6 Å². The van der Waals surface area contributed by atoms with E-state index in [4.69, 9.17) is 0 Å². The number of carbonyl (C=O) groups excluding carboxylic acids is 2. The topological polar surface area (TPSA) is 78.4 Å². The second-order valence-electron chi connectivity index (χ2n) is 6.18. The van der Waals surface area contributed by atoms with Gasteiger partial charge in [-0.3, -0.25) is 9.59 Å². The molecule has 0 aliphatic heterocycles. The van der Waals surface area contributed by atoms with Crippen LogP contribution in [-0.2, 0) is 9.59 Å². The molecule has 1 aliphatic carbocycles. The second kappa shape index (κ2) is 6.84. The number of alkyl halides is 2. The van der Waals surface area contributed by atoms with Crippen molar-refractivity contribution in [2.75, 3.05) is 5.32 Å². The Bertz CT molecular complexity index is 613. The first-order chi connectivity index (χ1) is 11.2. The van der Waals surface area contributed by atoms with Gasteiger partial charge in [0.2, 0.25) is 5.91 Å². The predicted molar refractivity (Wildman–Crippen MR) is 85.7 cm³/mol. The fourth-order valence-electron chi connectivity index (χ4n) is 2.51. The smallest absolute Gasteiger partial charge is 0.352 e. The molecular formula is C17H22F2N2O3. The molecular weight excluding hydrogens is 318 g/mol. The van der Waals surface area contributed by atoms with Gasteiger partial charge in [0.25, 0.3) is 5.91 Å². The molecule has 0 spiro atoms. The van der Waals surface area contributed by atoms with Crippen molar-refractivity contribution in [2.45, 2.75) is 57.1 Å². The van der Waals surface area contributed by atoms with Crippen LogP contribution >= 0.6 is 0 Å². The Labute approximate surface area is 139 Å². The van der Waals surface area contributed by atoms with E-state index in [0.29, 0.717) is 24.1 Å². The van der Waals surface area contributed by atoms with Gasteiger partial charge in [0.05, 0.1) is 6.04 Å². The highest BCUT2D eigenvalue weighted by molar-refractivity contribution is 5.90. The molecule has 0 radical (unpaired) electrons. The lowest BCUT2D eigenvalue weighted by Crippen LogP contribution is -2.60. The van der Waals surface area contributed by atoms with E-state index in [1.54, 1.807) is 38.1 Å². The number of hydrogen-bond acceptors (Lipinski definition) is 3. The maximum absolute atomic E-state index is 14.1. The molecule has 2 rings (SSSR count). The maximum atomic E-state index is 14.1. The molecule has 7 heteroatoms. The summed E-state index contributed by atoms with van der Waals surface area (Å²) in [7, 11) is 0. The lowest BCUT2D eigenvalue weighted by molar-refractivity contribution is -0.216. The molecule has 1 fully saturated rings. The summed E-state index contributed by atoms with van der Waals surface area (Å²) in [5.41, 5.74) is -1.02. The van der Waals surface area contributed by atoms with Crippen molar-refractivity contribution < 1.29 is 23.5 Å². The van der Waals surface area contributed by atoms with Crippen LogP contribution in [0.1, 0.15) is 51.1 Å². The minimum atomic E-state index is -3.81. The van der Waals surface area contributed by atoms with E-state index in [1.165, 1.54) is 0 Å². The minimum absolute atomic E-state index is 0.0758. The number of anilines is 1.